The Kier molecular flexibility index (Phi) is 4.50. The molecule has 1 N–H and O–H groups in total. The van der Waals surface area contributed by atoms with Gasteiger partial charge in [-0.3, -0.25) is 9.59 Å². The molecule has 1 aliphatic heterocycles. The fourth-order valence-electron chi connectivity index (χ4n) is 2.49. The zero-order valence-corrected chi connectivity index (χ0v) is 12.6. The van der Waals surface area contributed by atoms with Crippen molar-refractivity contribution in [3.05, 3.63) is 29.3 Å². The topological polar surface area (TPSA) is 66.8 Å². The van der Waals surface area contributed by atoms with Gasteiger partial charge >= 0.3 is 5.97 Å². The lowest BCUT2D eigenvalue weighted by Gasteiger charge is -2.41. The van der Waals surface area contributed by atoms with E-state index in [0.717, 1.165) is 16.9 Å². The Morgan fingerprint density at radius 1 is 1.33 bits per heavy atom. The molecule has 5 heteroatoms. The van der Waals surface area contributed by atoms with Crippen LogP contribution < -0.4 is 4.74 Å². The second kappa shape index (κ2) is 6.16. The largest absolute Gasteiger partial charge is 0.483 e. The van der Waals surface area contributed by atoms with Crippen LogP contribution in [-0.2, 0) is 9.59 Å². The first-order chi connectivity index (χ1) is 9.90. The van der Waals surface area contributed by atoms with E-state index in [1.54, 1.807) is 11.8 Å². The minimum absolute atomic E-state index is 0.000133. The van der Waals surface area contributed by atoms with Gasteiger partial charge in [0.15, 0.2) is 6.61 Å². The second-order valence-corrected chi connectivity index (χ2v) is 5.70. The number of benzene rings is 1. The van der Waals surface area contributed by atoms with Crippen molar-refractivity contribution in [2.45, 2.75) is 20.8 Å². The molecule has 5 nitrogen and oxygen atoms in total. The monoisotopic (exact) mass is 291 g/mol. The number of amides is 1. The Bertz CT molecular complexity index is 529. The third-order valence-electron chi connectivity index (χ3n) is 4.11. The normalized spacial score (nSPS) is 16.2. The van der Waals surface area contributed by atoms with Gasteiger partial charge in [-0.15, -0.1) is 0 Å². The Hall–Kier alpha value is -2.04. The number of carboxylic acid groups (broad SMARTS) is 1. The number of hydrogen-bond acceptors (Lipinski definition) is 3. The van der Waals surface area contributed by atoms with Crippen LogP contribution in [0.3, 0.4) is 0 Å². The van der Waals surface area contributed by atoms with Crippen LogP contribution in [0.15, 0.2) is 18.2 Å². The van der Waals surface area contributed by atoms with E-state index in [9.17, 15) is 9.59 Å². The maximum atomic E-state index is 12.0. The number of carboxylic acids is 1. The number of carbonyl (C=O) groups excluding carboxylic acids is 1. The number of aryl methyl sites for hydroxylation is 2. The molecule has 114 valence electrons. The first kappa shape index (κ1) is 15.4. The number of hydrogen-bond donors (Lipinski definition) is 1. The molecule has 21 heavy (non-hydrogen) atoms. The van der Waals surface area contributed by atoms with Crippen molar-refractivity contribution >= 4 is 11.9 Å². The lowest BCUT2D eigenvalue weighted by molar-refractivity contribution is -0.151. The third-order valence-corrected chi connectivity index (χ3v) is 4.11. The summed E-state index contributed by atoms with van der Waals surface area (Å²) < 4.78 is 5.62. The molecule has 0 spiro atoms. The van der Waals surface area contributed by atoms with Gasteiger partial charge in [-0.1, -0.05) is 25.1 Å². The van der Waals surface area contributed by atoms with Crippen LogP contribution in [-0.4, -0.2) is 41.6 Å². The van der Waals surface area contributed by atoms with E-state index in [1.807, 2.05) is 32.0 Å². The number of rotatable bonds is 5. The van der Waals surface area contributed by atoms with Crippen LogP contribution in [0.4, 0.5) is 0 Å². The van der Waals surface area contributed by atoms with Gasteiger partial charge in [0.2, 0.25) is 0 Å². The smallest absolute Gasteiger partial charge is 0.306 e. The number of nitrogens with zero attached hydrogens (tertiary/aromatic N) is 1. The Morgan fingerprint density at radius 2 is 1.90 bits per heavy atom. The SMILES string of the molecule is Cc1cccc(C)c1OCC(=O)N1CC(C(C)C(=O)O)C1. The summed E-state index contributed by atoms with van der Waals surface area (Å²) in [6, 6.07) is 5.84. The average Bonchev–Trinajstić information content (AvgIpc) is 2.36. The van der Waals surface area contributed by atoms with Crippen LogP contribution >= 0.6 is 0 Å². The highest BCUT2D eigenvalue weighted by molar-refractivity contribution is 5.79. The predicted molar refractivity (Wildman–Crippen MR) is 78.3 cm³/mol. The summed E-state index contributed by atoms with van der Waals surface area (Å²) in [4.78, 5) is 24.5. The molecule has 1 atom stereocenters. The van der Waals surface area contributed by atoms with Crippen molar-refractivity contribution in [3.63, 3.8) is 0 Å². The van der Waals surface area contributed by atoms with Crippen LogP contribution in [0.25, 0.3) is 0 Å². The summed E-state index contributed by atoms with van der Waals surface area (Å²) >= 11 is 0. The van der Waals surface area contributed by atoms with Crippen molar-refractivity contribution in [1.29, 1.82) is 0 Å². The molecule has 0 aliphatic carbocycles. The zero-order valence-electron chi connectivity index (χ0n) is 12.6. The van der Waals surface area contributed by atoms with Gasteiger partial charge in [-0.05, 0) is 25.0 Å². The van der Waals surface area contributed by atoms with E-state index in [1.165, 1.54) is 0 Å². The van der Waals surface area contributed by atoms with E-state index < -0.39 is 11.9 Å². The third kappa shape index (κ3) is 3.35. The molecule has 2 rings (SSSR count). The minimum Gasteiger partial charge on any atom is -0.483 e. The maximum absolute atomic E-state index is 12.0. The molecular formula is C16H21NO4. The lowest BCUT2D eigenvalue weighted by atomic mass is 9.87. The molecule has 1 heterocycles. The molecule has 0 aromatic heterocycles. The summed E-state index contributed by atoms with van der Waals surface area (Å²) in [7, 11) is 0. The summed E-state index contributed by atoms with van der Waals surface area (Å²) in [6.07, 6.45) is 0. The van der Waals surface area contributed by atoms with Crippen LogP contribution in [0, 0.1) is 25.7 Å². The Labute approximate surface area is 124 Å². The molecule has 1 aromatic rings. The quantitative estimate of drug-likeness (QED) is 0.899. The first-order valence-corrected chi connectivity index (χ1v) is 7.09. The summed E-state index contributed by atoms with van der Waals surface area (Å²) in [5, 5.41) is 8.93. The number of likely N-dealkylation sites (tertiary alicyclic amines) is 1. The van der Waals surface area contributed by atoms with Gasteiger partial charge in [0.1, 0.15) is 5.75 Å². The van der Waals surface area contributed by atoms with Gasteiger partial charge in [-0.2, -0.15) is 0 Å². The van der Waals surface area contributed by atoms with Gasteiger partial charge in [-0.25, -0.2) is 0 Å². The Morgan fingerprint density at radius 3 is 2.43 bits per heavy atom. The van der Waals surface area contributed by atoms with E-state index in [2.05, 4.69) is 0 Å². The highest BCUT2D eigenvalue weighted by atomic mass is 16.5. The number of ether oxygens (including phenoxy) is 1. The average molecular weight is 291 g/mol. The Balaban J connectivity index is 1.83. The minimum atomic E-state index is -0.807. The van der Waals surface area contributed by atoms with Crippen molar-refractivity contribution in [2.75, 3.05) is 19.7 Å². The summed E-state index contributed by atoms with van der Waals surface area (Å²) in [5.74, 6) is -0.507. The second-order valence-electron chi connectivity index (χ2n) is 5.70. The molecule has 1 saturated heterocycles. The van der Waals surface area contributed by atoms with Crippen LogP contribution in [0.2, 0.25) is 0 Å². The predicted octanol–water partition coefficient (Wildman–Crippen LogP) is 1.86. The fraction of sp³-hybridized carbons (Fsp3) is 0.500. The molecular weight excluding hydrogens is 270 g/mol. The summed E-state index contributed by atoms with van der Waals surface area (Å²) in [6.45, 7) is 6.58. The molecule has 1 aliphatic rings. The van der Waals surface area contributed by atoms with Crippen molar-refractivity contribution in [1.82, 2.24) is 4.90 Å². The highest BCUT2D eigenvalue weighted by Gasteiger charge is 2.37. The van der Waals surface area contributed by atoms with Gasteiger partial charge in [0, 0.05) is 19.0 Å². The maximum Gasteiger partial charge on any atom is 0.306 e. The lowest BCUT2D eigenvalue weighted by Crippen LogP contribution is -2.54. The molecule has 0 bridgehead atoms. The molecule has 1 fully saturated rings. The molecule has 1 unspecified atom stereocenters. The van der Waals surface area contributed by atoms with Crippen molar-refractivity contribution < 1.29 is 19.4 Å². The highest BCUT2D eigenvalue weighted by Crippen LogP contribution is 2.25. The molecule has 0 radical (unpaired) electrons. The molecule has 1 amide bonds. The standard InChI is InChI=1S/C16H21NO4/c1-10-5-4-6-11(2)15(10)21-9-14(18)17-7-13(8-17)12(3)16(19)20/h4-6,12-13H,7-9H2,1-3H3,(H,19,20). The van der Waals surface area contributed by atoms with Gasteiger partial charge in [0.25, 0.3) is 5.91 Å². The van der Waals surface area contributed by atoms with Gasteiger partial charge in [0.05, 0.1) is 5.92 Å². The van der Waals surface area contributed by atoms with Crippen LogP contribution in [0.1, 0.15) is 18.1 Å². The van der Waals surface area contributed by atoms with E-state index in [4.69, 9.17) is 9.84 Å². The van der Waals surface area contributed by atoms with E-state index >= 15 is 0 Å². The number of aliphatic carboxylic acids is 1. The zero-order chi connectivity index (χ0) is 15.6. The van der Waals surface area contributed by atoms with Crippen LogP contribution in [0.5, 0.6) is 5.75 Å². The summed E-state index contributed by atoms with van der Waals surface area (Å²) in [5.41, 5.74) is 2.01. The van der Waals surface area contributed by atoms with E-state index in [-0.39, 0.29) is 18.4 Å². The number of carbonyl (C=O) groups is 2. The molecule has 1 aromatic carbocycles. The first-order valence-electron chi connectivity index (χ1n) is 7.09. The van der Waals surface area contributed by atoms with Crippen molar-refractivity contribution in [3.8, 4) is 5.75 Å². The van der Waals surface area contributed by atoms with Gasteiger partial charge < -0.3 is 14.7 Å². The number of para-hydroxylation sites is 1. The fourth-order valence-corrected chi connectivity index (χ4v) is 2.49. The van der Waals surface area contributed by atoms with E-state index in [0.29, 0.717) is 13.1 Å². The molecule has 0 saturated carbocycles. The van der Waals surface area contributed by atoms with Crippen molar-refractivity contribution in [2.24, 2.45) is 11.8 Å².